The maximum atomic E-state index is 12.4. The number of nitrogens with two attached hydrogens (primary N) is 1. The summed E-state index contributed by atoms with van der Waals surface area (Å²) in [6.07, 6.45) is 6.05. The summed E-state index contributed by atoms with van der Waals surface area (Å²) in [7, 11) is 0. The zero-order chi connectivity index (χ0) is 15.7. The number of fused-ring (bicyclic) bond motifs is 1. The highest BCUT2D eigenvalue weighted by Gasteiger charge is 2.33. The molecule has 1 saturated carbocycles. The molecule has 1 aromatic rings. The van der Waals surface area contributed by atoms with Crippen LogP contribution in [0.1, 0.15) is 69.5 Å². The predicted octanol–water partition coefficient (Wildman–Crippen LogP) is 3.43. The van der Waals surface area contributed by atoms with E-state index in [2.05, 4.69) is 43.4 Å². The van der Waals surface area contributed by atoms with E-state index in [0.29, 0.717) is 12.3 Å². The molecule has 2 aliphatic carbocycles. The molecule has 1 fully saturated rings. The number of benzene rings is 1. The fourth-order valence-corrected chi connectivity index (χ4v) is 4.17. The predicted molar refractivity (Wildman–Crippen MR) is 89.5 cm³/mol. The molecule has 1 aromatic carbocycles. The van der Waals surface area contributed by atoms with Gasteiger partial charge >= 0.3 is 0 Å². The summed E-state index contributed by atoms with van der Waals surface area (Å²) >= 11 is 0. The van der Waals surface area contributed by atoms with Gasteiger partial charge in [0.05, 0.1) is 6.04 Å². The van der Waals surface area contributed by atoms with Crippen LogP contribution in [0, 0.1) is 5.92 Å². The van der Waals surface area contributed by atoms with Gasteiger partial charge in [-0.25, -0.2) is 0 Å². The van der Waals surface area contributed by atoms with Gasteiger partial charge in [0, 0.05) is 12.5 Å². The highest BCUT2D eigenvalue weighted by Crippen LogP contribution is 2.41. The Labute approximate surface area is 133 Å². The topological polar surface area (TPSA) is 55.1 Å². The molecule has 2 aliphatic rings. The Hall–Kier alpha value is -1.35. The van der Waals surface area contributed by atoms with Crippen molar-refractivity contribution >= 4 is 5.91 Å². The fourth-order valence-electron chi connectivity index (χ4n) is 4.17. The molecule has 0 saturated heterocycles. The van der Waals surface area contributed by atoms with Crippen molar-refractivity contribution < 1.29 is 4.79 Å². The number of nitrogens with one attached hydrogen (secondary N) is 1. The van der Waals surface area contributed by atoms with Gasteiger partial charge in [0.2, 0.25) is 5.91 Å². The summed E-state index contributed by atoms with van der Waals surface area (Å²) in [5, 5.41) is 3.27. The number of carbonyl (C=O) groups is 1. The van der Waals surface area contributed by atoms with Gasteiger partial charge in [-0.05, 0) is 48.1 Å². The van der Waals surface area contributed by atoms with Crippen molar-refractivity contribution in [3.8, 4) is 0 Å². The zero-order valence-corrected chi connectivity index (χ0v) is 13.8. The zero-order valence-electron chi connectivity index (χ0n) is 13.8. The lowest BCUT2D eigenvalue weighted by atomic mass is 9.71. The molecule has 0 bridgehead atoms. The Bertz CT molecular complexity index is 552. The number of carbonyl (C=O) groups excluding carboxylic acids is 1. The van der Waals surface area contributed by atoms with Crippen molar-refractivity contribution in [2.75, 3.05) is 0 Å². The minimum Gasteiger partial charge on any atom is -0.349 e. The molecule has 3 nitrogen and oxygen atoms in total. The van der Waals surface area contributed by atoms with E-state index in [1.165, 1.54) is 17.5 Å². The van der Waals surface area contributed by atoms with Crippen molar-refractivity contribution in [1.29, 1.82) is 0 Å². The lowest BCUT2D eigenvalue weighted by Gasteiger charge is -2.37. The summed E-state index contributed by atoms with van der Waals surface area (Å²) in [5.74, 6) is 0.539. The Morgan fingerprint density at radius 2 is 2.05 bits per heavy atom. The lowest BCUT2D eigenvalue weighted by molar-refractivity contribution is -0.123. The molecule has 0 aliphatic heterocycles. The van der Waals surface area contributed by atoms with Gasteiger partial charge in [-0.3, -0.25) is 4.79 Å². The summed E-state index contributed by atoms with van der Waals surface area (Å²) in [6, 6.07) is 8.93. The Morgan fingerprint density at radius 1 is 1.27 bits per heavy atom. The van der Waals surface area contributed by atoms with E-state index in [1.807, 2.05) is 0 Å². The molecular weight excluding hydrogens is 272 g/mol. The van der Waals surface area contributed by atoms with Crippen LogP contribution >= 0.6 is 0 Å². The summed E-state index contributed by atoms with van der Waals surface area (Å²) in [5.41, 5.74) is 8.97. The third-order valence-electron chi connectivity index (χ3n) is 5.62. The second-order valence-electron chi connectivity index (χ2n) is 7.69. The van der Waals surface area contributed by atoms with Gasteiger partial charge in [-0.2, -0.15) is 0 Å². The Balaban J connectivity index is 1.69. The molecule has 0 spiro atoms. The van der Waals surface area contributed by atoms with E-state index in [-0.39, 0.29) is 23.4 Å². The molecule has 1 amide bonds. The first-order chi connectivity index (χ1) is 10.5. The van der Waals surface area contributed by atoms with Gasteiger partial charge < -0.3 is 11.1 Å². The normalized spacial score (nSPS) is 29.9. The molecule has 120 valence electrons. The quantitative estimate of drug-likeness (QED) is 0.898. The minimum atomic E-state index is 0.161. The second-order valence-corrected chi connectivity index (χ2v) is 7.69. The van der Waals surface area contributed by atoms with Crippen LogP contribution in [-0.2, 0) is 10.2 Å². The Morgan fingerprint density at radius 3 is 2.77 bits per heavy atom. The third-order valence-corrected chi connectivity index (χ3v) is 5.62. The van der Waals surface area contributed by atoms with E-state index >= 15 is 0 Å². The van der Waals surface area contributed by atoms with Crippen molar-refractivity contribution in [3.05, 3.63) is 35.4 Å². The van der Waals surface area contributed by atoms with E-state index in [0.717, 1.165) is 25.7 Å². The summed E-state index contributed by atoms with van der Waals surface area (Å²) < 4.78 is 0. The van der Waals surface area contributed by atoms with Crippen LogP contribution in [0.15, 0.2) is 24.3 Å². The van der Waals surface area contributed by atoms with E-state index in [1.54, 1.807) is 0 Å². The van der Waals surface area contributed by atoms with E-state index < -0.39 is 0 Å². The smallest absolute Gasteiger partial charge is 0.220 e. The second kappa shape index (κ2) is 6.04. The van der Waals surface area contributed by atoms with Crippen LogP contribution in [0.5, 0.6) is 0 Å². The highest BCUT2D eigenvalue weighted by atomic mass is 16.1. The Kier molecular flexibility index (Phi) is 4.26. The molecule has 3 rings (SSSR count). The van der Waals surface area contributed by atoms with Crippen LogP contribution in [0.2, 0.25) is 0 Å². The molecule has 22 heavy (non-hydrogen) atoms. The largest absolute Gasteiger partial charge is 0.349 e. The lowest BCUT2D eigenvalue weighted by Crippen LogP contribution is -2.37. The van der Waals surface area contributed by atoms with Crippen molar-refractivity contribution in [1.82, 2.24) is 5.32 Å². The first-order valence-electron chi connectivity index (χ1n) is 8.62. The van der Waals surface area contributed by atoms with Gasteiger partial charge in [-0.1, -0.05) is 44.5 Å². The van der Waals surface area contributed by atoms with Crippen molar-refractivity contribution in [3.63, 3.8) is 0 Å². The number of hydrogen-bond acceptors (Lipinski definition) is 2. The number of rotatable bonds is 3. The maximum absolute atomic E-state index is 12.4. The van der Waals surface area contributed by atoms with Gasteiger partial charge in [0.15, 0.2) is 0 Å². The van der Waals surface area contributed by atoms with Crippen LogP contribution in [0.3, 0.4) is 0 Å². The van der Waals surface area contributed by atoms with Gasteiger partial charge in [-0.15, -0.1) is 0 Å². The molecule has 3 N–H and O–H groups in total. The average molecular weight is 300 g/mol. The number of hydrogen-bond donors (Lipinski definition) is 2. The van der Waals surface area contributed by atoms with Crippen LogP contribution in [0.4, 0.5) is 0 Å². The average Bonchev–Trinajstić information content (AvgIpc) is 2.88. The highest BCUT2D eigenvalue weighted by molar-refractivity contribution is 5.77. The van der Waals surface area contributed by atoms with E-state index in [9.17, 15) is 4.79 Å². The minimum absolute atomic E-state index is 0.161. The molecule has 3 atom stereocenters. The van der Waals surface area contributed by atoms with E-state index in [4.69, 9.17) is 5.73 Å². The molecular formula is C19H28N2O. The number of amides is 1. The molecule has 0 heterocycles. The fraction of sp³-hybridized carbons (Fsp3) is 0.632. The van der Waals surface area contributed by atoms with Crippen molar-refractivity contribution in [2.45, 2.75) is 69.9 Å². The van der Waals surface area contributed by atoms with Gasteiger partial charge in [0.25, 0.3) is 0 Å². The summed E-state index contributed by atoms with van der Waals surface area (Å²) in [4.78, 5) is 12.4. The van der Waals surface area contributed by atoms with Crippen LogP contribution < -0.4 is 11.1 Å². The van der Waals surface area contributed by atoms with Gasteiger partial charge in [0.1, 0.15) is 0 Å². The first-order valence-corrected chi connectivity index (χ1v) is 8.62. The molecule has 1 unspecified atom stereocenters. The molecule has 3 heteroatoms. The maximum Gasteiger partial charge on any atom is 0.220 e. The van der Waals surface area contributed by atoms with Crippen molar-refractivity contribution in [2.24, 2.45) is 11.7 Å². The molecule has 0 radical (unpaired) electrons. The third kappa shape index (κ3) is 3.05. The van der Waals surface area contributed by atoms with Crippen LogP contribution in [-0.4, -0.2) is 11.9 Å². The van der Waals surface area contributed by atoms with Crippen LogP contribution in [0.25, 0.3) is 0 Å². The monoisotopic (exact) mass is 300 g/mol. The standard InChI is InChI=1S/C19H28N2O/c1-19(2)11-10-17(14-7-3-4-8-15(14)19)21-18(22)12-13-6-5-9-16(13)20/h3-4,7-8,13,16-17H,5-6,9-12,20H2,1-2H3,(H,21,22)/t13-,16+,17?/m0/s1. The summed E-state index contributed by atoms with van der Waals surface area (Å²) in [6.45, 7) is 4.59. The first kappa shape index (κ1) is 15.5. The molecule has 0 aromatic heterocycles. The SMILES string of the molecule is CC1(C)CCC(NC(=O)C[C@@H]2CCC[C@H]2N)c2ccccc21.